The van der Waals surface area contributed by atoms with Crippen LogP contribution in [-0.4, -0.2) is 15.7 Å². The molecule has 0 unspecified atom stereocenters. The molecule has 0 aromatic rings. The minimum atomic E-state index is 0.657. The minimum absolute atomic E-state index is 0.657. The average Bonchev–Trinajstić information content (AvgIpc) is 1.38. The summed E-state index contributed by atoms with van der Waals surface area (Å²) in [4.78, 5) is 0. The first kappa shape index (κ1) is 4.87. The van der Waals surface area contributed by atoms with Crippen molar-refractivity contribution in [3.63, 3.8) is 0 Å². The summed E-state index contributed by atoms with van der Waals surface area (Å²) in [5.41, 5.74) is 0.657. The smallest absolute Gasteiger partial charge is 0.105 e. The van der Waals surface area contributed by atoms with Crippen LogP contribution in [0, 0.1) is 0 Å². The maximum atomic E-state index is 5.03. The fourth-order valence-corrected chi connectivity index (χ4v) is 0. The summed E-state index contributed by atoms with van der Waals surface area (Å²) in [6, 6.07) is 0. The molecule has 0 aromatic carbocycles. The lowest BCUT2D eigenvalue weighted by atomic mass is 9.91. The molecule has 22 valence electrons. The zero-order valence-electron chi connectivity index (χ0n) is 3.23. The molecular formula is C3H4B2. The maximum absolute atomic E-state index is 5.03. The summed E-state index contributed by atoms with van der Waals surface area (Å²) >= 11 is 0. The van der Waals surface area contributed by atoms with Gasteiger partial charge in [-0.3, -0.25) is 0 Å². The fourth-order valence-electron chi connectivity index (χ4n) is 0. The van der Waals surface area contributed by atoms with Gasteiger partial charge in [0.2, 0.25) is 0 Å². The van der Waals surface area contributed by atoms with E-state index < -0.39 is 0 Å². The zero-order valence-corrected chi connectivity index (χ0v) is 3.23. The van der Waals surface area contributed by atoms with Gasteiger partial charge in [0.05, 0.1) is 0 Å². The Morgan fingerprint density at radius 3 is 2.00 bits per heavy atom. The molecule has 4 radical (unpaired) electrons. The molecule has 2 heteroatoms. The molecule has 0 fully saturated rings. The van der Waals surface area contributed by atoms with Gasteiger partial charge >= 0.3 is 0 Å². The predicted molar refractivity (Wildman–Crippen MR) is 25.3 cm³/mol. The lowest BCUT2D eigenvalue weighted by molar-refractivity contribution is 1.70. The summed E-state index contributed by atoms with van der Waals surface area (Å²) < 4.78 is 0. The van der Waals surface area contributed by atoms with Crippen molar-refractivity contribution in [3.8, 4) is 0 Å². The van der Waals surface area contributed by atoms with E-state index in [2.05, 4.69) is 0 Å². The highest BCUT2D eigenvalue weighted by Gasteiger charge is 1.60. The van der Waals surface area contributed by atoms with E-state index in [0.717, 1.165) is 0 Å². The highest BCUT2D eigenvalue weighted by atomic mass is 13.5. The lowest BCUT2D eigenvalue weighted by Crippen LogP contribution is -1.66. The van der Waals surface area contributed by atoms with Gasteiger partial charge in [-0.2, -0.15) is 0 Å². The molecule has 5 heavy (non-hydrogen) atoms. The van der Waals surface area contributed by atoms with Crippen molar-refractivity contribution >= 4 is 15.7 Å². The fraction of sp³-hybridized carbons (Fsp3) is 0.333. The Morgan fingerprint density at radius 1 is 1.80 bits per heavy atom. The van der Waals surface area contributed by atoms with Gasteiger partial charge in [-0.1, -0.05) is 6.92 Å². The van der Waals surface area contributed by atoms with Crippen molar-refractivity contribution in [2.45, 2.75) is 6.92 Å². The molecule has 0 atom stereocenters. The molecule has 0 rings (SSSR count). The summed E-state index contributed by atoms with van der Waals surface area (Å²) in [6.07, 6.45) is 0. The molecule has 0 aliphatic carbocycles. The van der Waals surface area contributed by atoms with Crippen LogP contribution >= 0.6 is 0 Å². The van der Waals surface area contributed by atoms with Crippen LogP contribution in [0.15, 0.2) is 11.4 Å². The Kier molecular flexibility index (Phi) is 2.07. The number of rotatable bonds is 0. The maximum Gasteiger partial charge on any atom is 0.105 e. The molecule has 0 aliphatic rings. The molecular weight excluding hydrogens is 57.7 g/mol. The van der Waals surface area contributed by atoms with Gasteiger partial charge in [0.1, 0.15) is 15.7 Å². The first-order valence-corrected chi connectivity index (χ1v) is 1.41. The summed E-state index contributed by atoms with van der Waals surface area (Å²) in [6.45, 7) is 1.74. The van der Waals surface area contributed by atoms with E-state index in [4.69, 9.17) is 15.7 Å². The number of allylic oxidation sites excluding steroid dienone is 1. The van der Waals surface area contributed by atoms with E-state index in [1.54, 1.807) is 6.92 Å². The quantitative estimate of drug-likeness (QED) is 0.351. The predicted octanol–water partition coefficient (Wildman–Crippen LogP) is 0.185. The van der Waals surface area contributed by atoms with Gasteiger partial charge in [-0.15, -0.1) is 11.4 Å². The third kappa shape index (κ3) is 3.87. The highest BCUT2D eigenvalue weighted by molar-refractivity contribution is 6.28. The van der Waals surface area contributed by atoms with Gasteiger partial charge < -0.3 is 0 Å². The topological polar surface area (TPSA) is 0 Å². The minimum Gasteiger partial charge on any atom is -0.142 e. The Hall–Kier alpha value is -0.130. The second-order valence-electron chi connectivity index (χ2n) is 0.911. The number of hydrogen-bond donors (Lipinski definition) is 0. The van der Waals surface area contributed by atoms with Crippen LogP contribution in [0.25, 0.3) is 0 Å². The Bertz CT molecular complexity index is 42.9. The normalized spacial score (nSPS) is 11.8. The van der Waals surface area contributed by atoms with Crippen LogP contribution in [0.5, 0.6) is 0 Å². The third-order valence-corrected chi connectivity index (χ3v) is 0.263. The molecule has 0 aromatic heterocycles. The van der Waals surface area contributed by atoms with Crippen LogP contribution < -0.4 is 0 Å². The molecule has 0 N–H and O–H groups in total. The van der Waals surface area contributed by atoms with E-state index in [0.29, 0.717) is 5.47 Å². The molecule has 0 saturated carbocycles. The van der Waals surface area contributed by atoms with Crippen molar-refractivity contribution in [2.75, 3.05) is 0 Å². The number of hydrogen-bond acceptors (Lipinski definition) is 0. The van der Waals surface area contributed by atoms with Crippen LogP contribution in [0.2, 0.25) is 0 Å². The van der Waals surface area contributed by atoms with E-state index in [1.807, 2.05) is 0 Å². The SMILES string of the molecule is [B]/C=C(\[B])C. The summed E-state index contributed by atoms with van der Waals surface area (Å²) in [5, 5.41) is 0. The molecule has 0 nitrogen and oxygen atoms in total. The molecule has 0 aliphatic heterocycles. The van der Waals surface area contributed by atoms with E-state index in [9.17, 15) is 0 Å². The monoisotopic (exact) mass is 62.0 g/mol. The summed E-state index contributed by atoms with van der Waals surface area (Å²) in [7, 11) is 9.91. The largest absolute Gasteiger partial charge is 0.142 e. The van der Waals surface area contributed by atoms with Gasteiger partial charge in [-0.05, 0) is 0 Å². The van der Waals surface area contributed by atoms with E-state index >= 15 is 0 Å². The van der Waals surface area contributed by atoms with Gasteiger partial charge in [0.25, 0.3) is 0 Å². The van der Waals surface area contributed by atoms with Crippen LogP contribution in [0.4, 0.5) is 0 Å². The molecule has 0 bridgehead atoms. The Labute approximate surface area is 35.1 Å². The van der Waals surface area contributed by atoms with Gasteiger partial charge in [0, 0.05) is 0 Å². The Morgan fingerprint density at radius 2 is 2.00 bits per heavy atom. The van der Waals surface area contributed by atoms with Crippen molar-refractivity contribution in [1.82, 2.24) is 0 Å². The molecule has 0 heterocycles. The van der Waals surface area contributed by atoms with Crippen molar-refractivity contribution in [3.05, 3.63) is 11.4 Å². The van der Waals surface area contributed by atoms with Gasteiger partial charge in [-0.25, -0.2) is 0 Å². The van der Waals surface area contributed by atoms with E-state index in [1.165, 1.54) is 5.98 Å². The van der Waals surface area contributed by atoms with Crippen molar-refractivity contribution < 1.29 is 0 Å². The second kappa shape index (κ2) is 2.13. The standard InChI is InChI=1S/C3H4B2/c1-3(5)2-4/h2H,1H3/b3-2-. The van der Waals surface area contributed by atoms with E-state index in [-0.39, 0.29) is 0 Å². The lowest BCUT2D eigenvalue weighted by Gasteiger charge is -1.74. The average molecular weight is 61.7 g/mol. The van der Waals surface area contributed by atoms with Crippen LogP contribution in [-0.2, 0) is 0 Å². The highest BCUT2D eigenvalue weighted by Crippen LogP contribution is 1.72. The van der Waals surface area contributed by atoms with Crippen molar-refractivity contribution in [2.24, 2.45) is 0 Å². The molecule has 0 saturated heterocycles. The summed E-state index contributed by atoms with van der Waals surface area (Å²) in [5.74, 6) is 1.36. The van der Waals surface area contributed by atoms with Crippen LogP contribution in [0.3, 0.4) is 0 Å². The molecule has 0 amide bonds. The van der Waals surface area contributed by atoms with Gasteiger partial charge in [0.15, 0.2) is 0 Å². The first-order chi connectivity index (χ1) is 2.27. The zero-order chi connectivity index (χ0) is 4.28. The van der Waals surface area contributed by atoms with Crippen molar-refractivity contribution in [1.29, 1.82) is 0 Å². The second-order valence-corrected chi connectivity index (χ2v) is 0.911. The molecule has 0 spiro atoms. The van der Waals surface area contributed by atoms with Crippen LogP contribution in [0.1, 0.15) is 6.92 Å². The first-order valence-electron chi connectivity index (χ1n) is 1.41. The Balaban J connectivity index is 3.14. The third-order valence-electron chi connectivity index (χ3n) is 0.263.